The third kappa shape index (κ3) is 1.14. The van der Waals surface area contributed by atoms with Crippen molar-refractivity contribution in [2.75, 3.05) is 0 Å². The highest BCUT2D eigenvalue weighted by Gasteiger charge is 2.48. The first-order chi connectivity index (χ1) is 5.44. The maximum atomic E-state index is 8.94. The van der Waals surface area contributed by atoms with Crippen LogP contribution in [0, 0.1) is 28.1 Å². The molecule has 1 fully saturated rings. The fourth-order valence-corrected chi connectivity index (χ4v) is 2.47. The van der Waals surface area contributed by atoms with Gasteiger partial charge < -0.3 is 0 Å². The Balaban J connectivity index is 2.91. The molecule has 0 heterocycles. The van der Waals surface area contributed by atoms with E-state index in [4.69, 9.17) is 5.26 Å². The molecule has 0 saturated heterocycles. The monoisotopic (exact) mass is 165 g/mol. The zero-order chi connectivity index (χ0) is 9.41. The first-order valence-electron chi connectivity index (χ1n) is 4.84. The quantitative estimate of drug-likeness (QED) is 0.584. The zero-order valence-electron chi connectivity index (χ0n) is 8.65. The standard InChI is InChI=1S/C11H19N/c1-9(8-12)11(4)7-5-6-10(11,2)3/h9H,5-7H2,1-4H3. The Hall–Kier alpha value is -0.510. The normalized spacial score (nSPS) is 35.9. The van der Waals surface area contributed by atoms with E-state index in [-0.39, 0.29) is 11.3 Å². The van der Waals surface area contributed by atoms with Gasteiger partial charge in [0.05, 0.1) is 6.07 Å². The lowest BCUT2D eigenvalue weighted by Gasteiger charge is -2.40. The predicted octanol–water partition coefficient (Wildman–Crippen LogP) is 3.36. The van der Waals surface area contributed by atoms with Crippen molar-refractivity contribution in [1.29, 1.82) is 5.26 Å². The maximum absolute atomic E-state index is 8.94. The van der Waals surface area contributed by atoms with Crippen molar-refractivity contribution >= 4 is 0 Å². The molecule has 0 aromatic carbocycles. The van der Waals surface area contributed by atoms with Crippen LogP contribution in [0.25, 0.3) is 0 Å². The molecule has 1 saturated carbocycles. The summed E-state index contributed by atoms with van der Waals surface area (Å²) >= 11 is 0. The summed E-state index contributed by atoms with van der Waals surface area (Å²) in [5, 5.41) is 8.94. The van der Waals surface area contributed by atoms with E-state index in [9.17, 15) is 0 Å². The lowest BCUT2D eigenvalue weighted by molar-refractivity contribution is 0.0907. The van der Waals surface area contributed by atoms with E-state index in [0.717, 1.165) is 0 Å². The smallest absolute Gasteiger partial charge is 0.0658 e. The van der Waals surface area contributed by atoms with E-state index < -0.39 is 0 Å². The number of hydrogen-bond donors (Lipinski definition) is 0. The average Bonchev–Trinajstić information content (AvgIpc) is 2.26. The summed E-state index contributed by atoms with van der Waals surface area (Å²) in [7, 11) is 0. The van der Waals surface area contributed by atoms with Gasteiger partial charge in [-0.3, -0.25) is 0 Å². The Morgan fingerprint density at radius 2 is 1.83 bits per heavy atom. The Morgan fingerprint density at radius 1 is 1.25 bits per heavy atom. The number of hydrogen-bond acceptors (Lipinski definition) is 1. The predicted molar refractivity (Wildman–Crippen MR) is 50.5 cm³/mol. The minimum absolute atomic E-state index is 0.190. The van der Waals surface area contributed by atoms with Crippen LogP contribution in [-0.2, 0) is 0 Å². The first-order valence-corrected chi connectivity index (χ1v) is 4.84. The van der Waals surface area contributed by atoms with Gasteiger partial charge in [0.15, 0.2) is 0 Å². The number of rotatable bonds is 1. The minimum atomic E-state index is 0.190. The maximum Gasteiger partial charge on any atom is 0.0658 e. The number of nitrogens with zero attached hydrogens (tertiary/aromatic N) is 1. The summed E-state index contributed by atoms with van der Waals surface area (Å²) in [6, 6.07) is 2.40. The molecule has 1 heteroatoms. The molecule has 1 rings (SSSR count). The lowest BCUT2D eigenvalue weighted by Crippen LogP contribution is -2.35. The zero-order valence-corrected chi connectivity index (χ0v) is 8.65. The van der Waals surface area contributed by atoms with Gasteiger partial charge >= 0.3 is 0 Å². The van der Waals surface area contributed by atoms with E-state index in [1.54, 1.807) is 0 Å². The van der Waals surface area contributed by atoms with Crippen molar-refractivity contribution in [3.05, 3.63) is 0 Å². The molecule has 0 bridgehead atoms. The molecule has 1 nitrogen and oxygen atoms in total. The van der Waals surface area contributed by atoms with Crippen LogP contribution in [0.15, 0.2) is 0 Å². The van der Waals surface area contributed by atoms with Crippen LogP contribution in [0.5, 0.6) is 0 Å². The van der Waals surface area contributed by atoms with Crippen LogP contribution in [0.1, 0.15) is 47.0 Å². The van der Waals surface area contributed by atoms with Crippen LogP contribution in [0.4, 0.5) is 0 Å². The van der Waals surface area contributed by atoms with Crippen LogP contribution in [0.3, 0.4) is 0 Å². The van der Waals surface area contributed by atoms with Gasteiger partial charge in [-0.2, -0.15) is 5.26 Å². The second kappa shape index (κ2) is 2.76. The van der Waals surface area contributed by atoms with Crippen molar-refractivity contribution in [2.24, 2.45) is 16.7 Å². The Labute approximate surface area is 75.8 Å². The van der Waals surface area contributed by atoms with E-state index in [0.29, 0.717) is 5.41 Å². The molecule has 0 radical (unpaired) electrons. The van der Waals surface area contributed by atoms with Crippen molar-refractivity contribution in [1.82, 2.24) is 0 Å². The highest BCUT2D eigenvalue weighted by atomic mass is 14.5. The molecule has 1 aliphatic rings. The first kappa shape index (κ1) is 9.58. The molecule has 68 valence electrons. The molecule has 1 aliphatic carbocycles. The van der Waals surface area contributed by atoms with Gasteiger partial charge in [-0.1, -0.05) is 27.2 Å². The van der Waals surface area contributed by atoms with Crippen molar-refractivity contribution in [3.63, 3.8) is 0 Å². The van der Waals surface area contributed by atoms with E-state index in [2.05, 4.69) is 33.8 Å². The third-order valence-electron chi connectivity index (χ3n) is 4.19. The van der Waals surface area contributed by atoms with Crippen LogP contribution in [-0.4, -0.2) is 0 Å². The van der Waals surface area contributed by atoms with E-state index in [1.165, 1.54) is 19.3 Å². The van der Waals surface area contributed by atoms with Gasteiger partial charge in [0.1, 0.15) is 0 Å². The van der Waals surface area contributed by atoms with Gasteiger partial charge in [-0.05, 0) is 30.6 Å². The van der Waals surface area contributed by atoms with Crippen molar-refractivity contribution in [2.45, 2.75) is 47.0 Å². The summed E-state index contributed by atoms with van der Waals surface area (Å²) in [6.45, 7) is 8.93. The molecular weight excluding hydrogens is 146 g/mol. The van der Waals surface area contributed by atoms with E-state index >= 15 is 0 Å². The lowest BCUT2D eigenvalue weighted by atomic mass is 9.63. The highest BCUT2D eigenvalue weighted by molar-refractivity contribution is 5.03. The average molecular weight is 165 g/mol. The fraction of sp³-hybridized carbons (Fsp3) is 0.909. The summed E-state index contributed by atoms with van der Waals surface area (Å²) in [5.74, 6) is 0.190. The molecule has 2 unspecified atom stereocenters. The summed E-state index contributed by atoms with van der Waals surface area (Å²) in [4.78, 5) is 0. The Kier molecular flexibility index (Phi) is 2.21. The minimum Gasteiger partial charge on any atom is -0.198 e. The molecular formula is C11H19N. The molecule has 0 spiro atoms. The van der Waals surface area contributed by atoms with Gasteiger partial charge in [-0.25, -0.2) is 0 Å². The molecule has 12 heavy (non-hydrogen) atoms. The number of nitriles is 1. The Morgan fingerprint density at radius 3 is 2.17 bits per heavy atom. The molecule has 0 N–H and O–H groups in total. The largest absolute Gasteiger partial charge is 0.198 e. The van der Waals surface area contributed by atoms with Crippen molar-refractivity contribution in [3.8, 4) is 6.07 Å². The van der Waals surface area contributed by atoms with Gasteiger partial charge in [-0.15, -0.1) is 0 Å². The van der Waals surface area contributed by atoms with Gasteiger partial charge in [0, 0.05) is 5.92 Å². The molecule has 0 aromatic rings. The summed E-state index contributed by atoms with van der Waals surface area (Å²) < 4.78 is 0. The molecule has 0 aliphatic heterocycles. The SMILES string of the molecule is CC(C#N)C1(C)CCCC1(C)C. The summed E-state index contributed by atoms with van der Waals surface area (Å²) in [6.07, 6.45) is 3.78. The van der Waals surface area contributed by atoms with Crippen molar-refractivity contribution < 1.29 is 0 Å². The summed E-state index contributed by atoms with van der Waals surface area (Å²) in [5.41, 5.74) is 0.587. The van der Waals surface area contributed by atoms with Gasteiger partial charge in [0.2, 0.25) is 0 Å². The van der Waals surface area contributed by atoms with Crippen LogP contribution in [0.2, 0.25) is 0 Å². The second-order valence-corrected chi connectivity index (χ2v) is 5.01. The fourth-order valence-electron chi connectivity index (χ4n) is 2.47. The molecule has 0 aromatic heterocycles. The molecule has 0 amide bonds. The van der Waals surface area contributed by atoms with Gasteiger partial charge in [0.25, 0.3) is 0 Å². The van der Waals surface area contributed by atoms with Crippen LogP contribution < -0.4 is 0 Å². The van der Waals surface area contributed by atoms with E-state index in [1.807, 2.05) is 0 Å². The molecule has 2 atom stereocenters. The highest BCUT2D eigenvalue weighted by Crippen LogP contribution is 2.56. The van der Waals surface area contributed by atoms with Crippen LogP contribution >= 0.6 is 0 Å². The third-order valence-corrected chi connectivity index (χ3v) is 4.19. The second-order valence-electron chi connectivity index (χ2n) is 5.01. The topological polar surface area (TPSA) is 23.8 Å². The Bertz CT molecular complexity index is 212.